The molecule has 2 rings (SSSR count). The van der Waals surface area contributed by atoms with Crippen molar-refractivity contribution in [3.63, 3.8) is 0 Å². The minimum absolute atomic E-state index is 0.190. The third-order valence-corrected chi connectivity index (χ3v) is 3.00. The molecular weight excluding hydrogens is 263 g/mol. The van der Waals surface area contributed by atoms with Crippen LogP contribution < -0.4 is 4.90 Å². The van der Waals surface area contributed by atoms with Crippen LogP contribution in [-0.2, 0) is 4.74 Å². The van der Waals surface area contributed by atoms with Gasteiger partial charge in [-0.25, -0.2) is 9.37 Å². The first kappa shape index (κ1) is 10.8. The van der Waals surface area contributed by atoms with Crippen LogP contribution in [0, 0.1) is 5.82 Å². The number of nitrogens with zero attached hydrogens (tertiary/aromatic N) is 2. The molecule has 15 heavy (non-hydrogen) atoms. The lowest BCUT2D eigenvalue weighted by molar-refractivity contribution is 0.121. The second-order valence-electron chi connectivity index (χ2n) is 3.55. The fourth-order valence-electron chi connectivity index (χ4n) is 1.75. The molecule has 2 heterocycles. The smallest absolute Gasteiger partial charge is 0.166 e. The maximum absolute atomic E-state index is 13.6. The summed E-state index contributed by atoms with van der Waals surface area (Å²) in [6, 6.07) is 1.43. The quantitative estimate of drug-likeness (QED) is 0.827. The van der Waals surface area contributed by atoms with Crippen LogP contribution in [0.15, 0.2) is 16.7 Å². The number of aromatic nitrogens is 1. The highest BCUT2D eigenvalue weighted by molar-refractivity contribution is 9.10. The third-order valence-electron chi connectivity index (χ3n) is 2.57. The molecule has 0 aromatic carbocycles. The Hall–Kier alpha value is -0.680. The van der Waals surface area contributed by atoms with E-state index in [2.05, 4.69) is 20.9 Å². The molecule has 1 aromatic rings. The van der Waals surface area contributed by atoms with Crippen molar-refractivity contribution in [2.24, 2.45) is 0 Å². The van der Waals surface area contributed by atoms with Crippen LogP contribution in [0.2, 0.25) is 0 Å². The molecule has 1 aromatic heterocycles. The second-order valence-corrected chi connectivity index (χ2v) is 4.47. The summed E-state index contributed by atoms with van der Waals surface area (Å²) in [5.74, 6) is 0.124. The maximum Gasteiger partial charge on any atom is 0.166 e. The van der Waals surface area contributed by atoms with Crippen molar-refractivity contribution >= 4 is 21.7 Å². The lowest BCUT2D eigenvalue weighted by atomic mass is 10.3. The average molecular weight is 275 g/mol. The van der Waals surface area contributed by atoms with Crippen LogP contribution >= 0.6 is 15.9 Å². The number of methoxy groups -OCH3 is 1. The van der Waals surface area contributed by atoms with Gasteiger partial charge in [-0.05, 0) is 28.4 Å². The number of rotatable bonds is 2. The summed E-state index contributed by atoms with van der Waals surface area (Å²) >= 11 is 3.18. The number of hydrogen-bond donors (Lipinski definition) is 0. The number of pyridine rings is 1. The van der Waals surface area contributed by atoms with E-state index in [0.29, 0.717) is 16.8 Å². The van der Waals surface area contributed by atoms with Gasteiger partial charge in [0.15, 0.2) is 11.6 Å². The summed E-state index contributed by atoms with van der Waals surface area (Å²) in [7, 11) is 1.68. The third kappa shape index (κ3) is 2.29. The number of ether oxygens (including phenoxy) is 1. The van der Waals surface area contributed by atoms with Crippen molar-refractivity contribution in [3.8, 4) is 0 Å². The van der Waals surface area contributed by atoms with Crippen LogP contribution in [0.25, 0.3) is 0 Å². The van der Waals surface area contributed by atoms with E-state index in [0.717, 1.165) is 13.0 Å². The maximum atomic E-state index is 13.6. The number of anilines is 1. The predicted octanol–water partition coefficient (Wildman–Crippen LogP) is 2.21. The second kappa shape index (κ2) is 4.45. The molecule has 0 bridgehead atoms. The highest BCUT2D eigenvalue weighted by Gasteiger charge is 2.25. The minimum atomic E-state index is -0.291. The van der Waals surface area contributed by atoms with Crippen molar-refractivity contribution in [3.05, 3.63) is 22.6 Å². The first-order valence-electron chi connectivity index (χ1n) is 4.79. The van der Waals surface area contributed by atoms with Gasteiger partial charge in [0.2, 0.25) is 0 Å². The molecule has 82 valence electrons. The minimum Gasteiger partial charge on any atom is -0.380 e. The molecule has 0 spiro atoms. The number of halogens is 2. The van der Waals surface area contributed by atoms with Gasteiger partial charge in [-0.2, -0.15) is 0 Å². The van der Waals surface area contributed by atoms with Gasteiger partial charge < -0.3 is 9.64 Å². The van der Waals surface area contributed by atoms with E-state index in [1.165, 1.54) is 6.07 Å². The first-order valence-corrected chi connectivity index (χ1v) is 5.59. The number of hydrogen-bond acceptors (Lipinski definition) is 3. The van der Waals surface area contributed by atoms with Crippen LogP contribution in [0.4, 0.5) is 10.2 Å². The predicted molar refractivity (Wildman–Crippen MR) is 59.5 cm³/mol. The zero-order valence-electron chi connectivity index (χ0n) is 8.41. The van der Waals surface area contributed by atoms with Gasteiger partial charge >= 0.3 is 0 Å². The van der Waals surface area contributed by atoms with E-state index in [1.807, 2.05) is 4.90 Å². The molecule has 5 heteroatoms. The summed E-state index contributed by atoms with van der Waals surface area (Å²) in [6.45, 7) is 1.51. The summed E-state index contributed by atoms with van der Waals surface area (Å²) in [5, 5.41) is 0. The average Bonchev–Trinajstić information content (AvgIpc) is 2.66. The van der Waals surface area contributed by atoms with Gasteiger partial charge in [0.05, 0.1) is 6.10 Å². The molecule has 0 aliphatic carbocycles. The molecule has 0 saturated carbocycles. The van der Waals surface area contributed by atoms with E-state index < -0.39 is 0 Å². The molecule has 1 fully saturated rings. The van der Waals surface area contributed by atoms with Crippen molar-refractivity contribution in [1.82, 2.24) is 4.98 Å². The Morgan fingerprint density at radius 2 is 2.47 bits per heavy atom. The van der Waals surface area contributed by atoms with Crippen molar-refractivity contribution in [1.29, 1.82) is 0 Å². The van der Waals surface area contributed by atoms with E-state index in [4.69, 9.17) is 4.74 Å². The van der Waals surface area contributed by atoms with Crippen molar-refractivity contribution in [2.75, 3.05) is 25.1 Å². The molecule has 1 atom stereocenters. The van der Waals surface area contributed by atoms with Gasteiger partial charge in [-0.3, -0.25) is 0 Å². The van der Waals surface area contributed by atoms with E-state index in [-0.39, 0.29) is 11.9 Å². The fraction of sp³-hybridized carbons (Fsp3) is 0.500. The Morgan fingerprint density at radius 3 is 3.07 bits per heavy atom. The van der Waals surface area contributed by atoms with Crippen molar-refractivity contribution in [2.45, 2.75) is 12.5 Å². The Bertz CT molecular complexity index is 361. The van der Waals surface area contributed by atoms with E-state index in [9.17, 15) is 4.39 Å². The van der Waals surface area contributed by atoms with Gasteiger partial charge in [-0.1, -0.05) is 0 Å². The van der Waals surface area contributed by atoms with Crippen molar-refractivity contribution < 1.29 is 9.13 Å². The SMILES string of the molecule is COC1CCN(c2ncc(Br)cc2F)C1. The monoisotopic (exact) mass is 274 g/mol. The first-order chi connectivity index (χ1) is 7.20. The molecule has 3 nitrogen and oxygen atoms in total. The molecule has 0 amide bonds. The Labute approximate surface area is 96.4 Å². The summed E-state index contributed by atoms with van der Waals surface area (Å²) in [6.07, 6.45) is 2.72. The molecule has 1 aliphatic heterocycles. The lowest BCUT2D eigenvalue weighted by Gasteiger charge is -2.17. The van der Waals surface area contributed by atoms with Crippen LogP contribution in [0.3, 0.4) is 0 Å². The normalized spacial score (nSPS) is 21.0. The summed E-state index contributed by atoms with van der Waals surface area (Å²) in [4.78, 5) is 5.99. The molecule has 0 N–H and O–H groups in total. The molecular formula is C10H12BrFN2O. The Morgan fingerprint density at radius 1 is 1.67 bits per heavy atom. The summed E-state index contributed by atoms with van der Waals surface area (Å²) < 4.78 is 19.4. The standard InChI is InChI=1S/C10H12BrFN2O/c1-15-8-2-3-14(6-8)10-9(12)4-7(11)5-13-10/h4-5,8H,2-3,6H2,1H3. The molecule has 0 radical (unpaired) electrons. The van der Waals surface area contributed by atoms with Gasteiger partial charge in [0, 0.05) is 30.9 Å². The van der Waals surface area contributed by atoms with Crippen LogP contribution in [0.1, 0.15) is 6.42 Å². The Balaban J connectivity index is 2.17. The van der Waals surface area contributed by atoms with Crippen LogP contribution in [-0.4, -0.2) is 31.3 Å². The fourth-order valence-corrected chi connectivity index (χ4v) is 2.06. The largest absolute Gasteiger partial charge is 0.380 e. The zero-order valence-corrected chi connectivity index (χ0v) is 10.00. The zero-order chi connectivity index (χ0) is 10.8. The highest BCUT2D eigenvalue weighted by Crippen LogP contribution is 2.24. The summed E-state index contributed by atoms with van der Waals surface area (Å²) in [5.41, 5.74) is 0. The van der Waals surface area contributed by atoms with Gasteiger partial charge in [-0.15, -0.1) is 0 Å². The lowest BCUT2D eigenvalue weighted by Crippen LogP contribution is -2.24. The van der Waals surface area contributed by atoms with Crippen LogP contribution in [0.5, 0.6) is 0 Å². The molecule has 1 unspecified atom stereocenters. The van der Waals surface area contributed by atoms with Gasteiger partial charge in [0.1, 0.15) is 0 Å². The molecule has 1 aliphatic rings. The van der Waals surface area contributed by atoms with E-state index >= 15 is 0 Å². The van der Waals surface area contributed by atoms with E-state index in [1.54, 1.807) is 13.3 Å². The highest BCUT2D eigenvalue weighted by atomic mass is 79.9. The Kier molecular flexibility index (Phi) is 3.21. The molecule has 1 saturated heterocycles. The van der Waals surface area contributed by atoms with Gasteiger partial charge in [0.25, 0.3) is 0 Å². The topological polar surface area (TPSA) is 25.4 Å².